The fraction of sp³-hybridized carbons (Fsp3) is 0.435. The number of aliphatic hydroxyl groups excluding tert-OH is 1. The summed E-state index contributed by atoms with van der Waals surface area (Å²) in [6, 6.07) is 16.7. The van der Waals surface area contributed by atoms with E-state index in [-0.39, 0.29) is 31.3 Å². The molecule has 1 fully saturated rings. The second kappa shape index (κ2) is 11.0. The van der Waals surface area contributed by atoms with Gasteiger partial charge < -0.3 is 24.6 Å². The molecule has 0 radical (unpaired) electrons. The van der Waals surface area contributed by atoms with Crippen LogP contribution in [0.5, 0.6) is 5.75 Å². The highest BCUT2D eigenvalue weighted by molar-refractivity contribution is 5.69. The van der Waals surface area contributed by atoms with Crippen molar-refractivity contribution in [2.75, 3.05) is 27.4 Å². The molecule has 7 heteroatoms. The Morgan fingerprint density at radius 2 is 1.83 bits per heavy atom. The Hall–Kier alpha value is -2.61. The largest absolute Gasteiger partial charge is 0.497 e. The van der Waals surface area contributed by atoms with Crippen LogP contribution in [0.3, 0.4) is 0 Å². The zero-order chi connectivity index (χ0) is 21.3. The van der Waals surface area contributed by atoms with E-state index in [9.17, 15) is 9.90 Å². The third-order valence-electron chi connectivity index (χ3n) is 5.43. The number of hydrogen-bond donors (Lipinski definition) is 2. The molecular formula is C23H30N2O5. The molecule has 0 aromatic heterocycles. The lowest BCUT2D eigenvalue weighted by Gasteiger charge is -2.29. The van der Waals surface area contributed by atoms with Gasteiger partial charge in [-0.05, 0) is 29.7 Å². The van der Waals surface area contributed by atoms with Gasteiger partial charge in [0.15, 0.2) is 0 Å². The van der Waals surface area contributed by atoms with E-state index >= 15 is 0 Å². The monoisotopic (exact) mass is 414 g/mol. The van der Waals surface area contributed by atoms with Gasteiger partial charge in [-0.25, -0.2) is 4.79 Å². The van der Waals surface area contributed by atoms with Crippen molar-refractivity contribution >= 4 is 6.09 Å². The number of aliphatic hydroxyl groups is 1. The molecule has 3 atom stereocenters. The highest BCUT2D eigenvalue weighted by Crippen LogP contribution is 2.27. The first kappa shape index (κ1) is 22.1. The summed E-state index contributed by atoms with van der Waals surface area (Å²) in [5.41, 5.74) is 2.02. The number of methoxy groups -OCH3 is 2. The van der Waals surface area contributed by atoms with Gasteiger partial charge >= 0.3 is 6.09 Å². The molecule has 1 heterocycles. The maximum Gasteiger partial charge on any atom is 0.410 e. The molecule has 2 aromatic carbocycles. The third kappa shape index (κ3) is 5.50. The van der Waals surface area contributed by atoms with Gasteiger partial charge in [0.25, 0.3) is 0 Å². The van der Waals surface area contributed by atoms with Crippen molar-refractivity contribution in [2.24, 2.45) is 0 Å². The van der Waals surface area contributed by atoms with E-state index in [1.54, 1.807) is 19.1 Å². The lowest BCUT2D eigenvalue weighted by atomic mass is 10.1. The number of nitrogens with zero attached hydrogens (tertiary/aromatic N) is 1. The Morgan fingerprint density at radius 3 is 2.47 bits per heavy atom. The van der Waals surface area contributed by atoms with Crippen LogP contribution < -0.4 is 10.1 Å². The number of carbonyl (C=O) groups is 1. The standard InChI is InChI=1S/C23H30N2O5/c1-28-16-19-12-21(24-13-17-8-10-20(29-2)11-9-17)22(14-26)25(19)23(27)30-15-18-6-4-3-5-7-18/h3-11,19,21-22,24,26H,12-16H2,1-2H3/t19-,21-,22-/m0/s1. The molecule has 2 N–H and O–H groups in total. The summed E-state index contributed by atoms with van der Waals surface area (Å²) in [6.07, 6.45) is 0.240. The van der Waals surface area contributed by atoms with E-state index in [2.05, 4.69) is 5.32 Å². The van der Waals surface area contributed by atoms with Crippen molar-refractivity contribution < 1.29 is 24.1 Å². The Kier molecular flexibility index (Phi) is 8.07. The number of rotatable bonds is 9. The summed E-state index contributed by atoms with van der Waals surface area (Å²) < 4.78 is 16.1. The number of amides is 1. The highest BCUT2D eigenvalue weighted by atomic mass is 16.6. The molecule has 1 amide bonds. The molecule has 162 valence electrons. The summed E-state index contributed by atoms with van der Waals surface area (Å²) in [5.74, 6) is 0.806. The third-order valence-corrected chi connectivity index (χ3v) is 5.43. The van der Waals surface area contributed by atoms with Gasteiger partial charge in [0, 0.05) is 19.7 Å². The molecule has 2 aromatic rings. The minimum Gasteiger partial charge on any atom is -0.497 e. The Bertz CT molecular complexity index is 784. The lowest BCUT2D eigenvalue weighted by Crippen LogP contribution is -2.49. The quantitative estimate of drug-likeness (QED) is 0.657. The minimum atomic E-state index is -0.436. The van der Waals surface area contributed by atoms with Gasteiger partial charge in [0.1, 0.15) is 12.4 Å². The van der Waals surface area contributed by atoms with Crippen LogP contribution in [0.15, 0.2) is 54.6 Å². The molecule has 3 rings (SSSR count). The fourth-order valence-electron chi connectivity index (χ4n) is 3.87. The Labute approximate surface area is 177 Å². The van der Waals surface area contributed by atoms with Crippen LogP contribution in [0.4, 0.5) is 4.79 Å². The average Bonchev–Trinajstić information content (AvgIpc) is 3.14. The number of likely N-dealkylation sites (tertiary alicyclic amines) is 1. The number of ether oxygens (including phenoxy) is 3. The lowest BCUT2D eigenvalue weighted by molar-refractivity contribution is 0.0431. The van der Waals surface area contributed by atoms with E-state index in [4.69, 9.17) is 14.2 Å². The number of carbonyl (C=O) groups excluding carboxylic acids is 1. The van der Waals surface area contributed by atoms with Gasteiger partial charge in [-0.1, -0.05) is 42.5 Å². The molecule has 1 saturated heterocycles. The van der Waals surface area contributed by atoms with Crippen LogP contribution in [0.1, 0.15) is 17.5 Å². The fourth-order valence-corrected chi connectivity index (χ4v) is 3.87. The normalized spacial score (nSPS) is 20.9. The van der Waals surface area contributed by atoms with E-state index in [1.165, 1.54) is 0 Å². The molecule has 0 bridgehead atoms. The van der Waals surface area contributed by atoms with Crippen LogP contribution in [0, 0.1) is 0 Å². The van der Waals surface area contributed by atoms with Crippen molar-refractivity contribution in [3.05, 3.63) is 65.7 Å². The van der Waals surface area contributed by atoms with Crippen molar-refractivity contribution in [2.45, 2.75) is 37.7 Å². The number of hydrogen-bond acceptors (Lipinski definition) is 6. The Balaban J connectivity index is 1.64. The summed E-state index contributed by atoms with van der Waals surface area (Å²) in [6.45, 7) is 1.05. The minimum absolute atomic E-state index is 0.0680. The van der Waals surface area contributed by atoms with E-state index in [0.717, 1.165) is 16.9 Å². The van der Waals surface area contributed by atoms with E-state index < -0.39 is 6.09 Å². The first-order chi connectivity index (χ1) is 14.7. The predicted molar refractivity (Wildman–Crippen MR) is 113 cm³/mol. The maximum atomic E-state index is 12.9. The van der Waals surface area contributed by atoms with Gasteiger partial charge in [-0.3, -0.25) is 4.90 Å². The van der Waals surface area contributed by atoms with E-state index in [1.807, 2.05) is 54.6 Å². The molecule has 0 saturated carbocycles. The van der Waals surface area contributed by atoms with Crippen molar-refractivity contribution in [1.82, 2.24) is 10.2 Å². The van der Waals surface area contributed by atoms with Crippen LogP contribution in [0.25, 0.3) is 0 Å². The molecule has 0 unspecified atom stereocenters. The summed E-state index contributed by atoms with van der Waals surface area (Å²) in [5, 5.41) is 13.5. The molecule has 0 spiro atoms. The second-order valence-electron chi connectivity index (χ2n) is 7.38. The van der Waals surface area contributed by atoms with Crippen molar-refractivity contribution in [1.29, 1.82) is 0 Å². The number of nitrogens with one attached hydrogen (secondary N) is 1. The van der Waals surface area contributed by atoms with Gasteiger partial charge in [0.2, 0.25) is 0 Å². The predicted octanol–water partition coefficient (Wildman–Crippen LogP) is 2.57. The highest BCUT2D eigenvalue weighted by Gasteiger charge is 2.44. The molecule has 30 heavy (non-hydrogen) atoms. The molecule has 1 aliphatic rings. The van der Waals surface area contributed by atoms with Gasteiger partial charge in [-0.2, -0.15) is 0 Å². The summed E-state index contributed by atoms with van der Waals surface area (Å²) in [7, 11) is 3.25. The van der Waals surface area contributed by atoms with Gasteiger partial charge in [0.05, 0.1) is 32.4 Å². The van der Waals surface area contributed by atoms with Crippen LogP contribution >= 0.6 is 0 Å². The van der Waals surface area contributed by atoms with E-state index in [0.29, 0.717) is 19.6 Å². The molecule has 7 nitrogen and oxygen atoms in total. The molecular weight excluding hydrogens is 384 g/mol. The first-order valence-electron chi connectivity index (χ1n) is 10.1. The SMILES string of the molecule is COC[C@@H]1C[C@H](NCc2ccc(OC)cc2)[C@H](CO)N1C(=O)OCc1ccccc1. The number of benzene rings is 2. The van der Waals surface area contributed by atoms with Crippen LogP contribution in [-0.4, -0.2) is 61.7 Å². The summed E-state index contributed by atoms with van der Waals surface area (Å²) in [4.78, 5) is 14.5. The molecule has 0 aliphatic carbocycles. The zero-order valence-corrected chi connectivity index (χ0v) is 17.5. The average molecular weight is 415 g/mol. The smallest absolute Gasteiger partial charge is 0.410 e. The van der Waals surface area contributed by atoms with Crippen LogP contribution in [0.2, 0.25) is 0 Å². The topological polar surface area (TPSA) is 80.3 Å². The van der Waals surface area contributed by atoms with Crippen molar-refractivity contribution in [3.8, 4) is 5.75 Å². The Morgan fingerprint density at radius 1 is 1.10 bits per heavy atom. The van der Waals surface area contributed by atoms with Gasteiger partial charge in [-0.15, -0.1) is 0 Å². The molecule has 1 aliphatic heterocycles. The summed E-state index contributed by atoms with van der Waals surface area (Å²) >= 11 is 0. The van der Waals surface area contributed by atoms with Crippen LogP contribution in [-0.2, 0) is 22.6 Å². The first-order valence-corrected chi connectivity index (χ1v) is 10.1. The maximum absolute atomic E-state index is 12.9. The zero-order valence-electron chi connectivity index (χ0n) is 17.5. The van der Waals surface area contributed by atoms with Crippen molar-refractivity contribution in [3.63, 3.8) is 0 Å². The second-order valence-corrected chi connectivity index (χ2v) is 7.38.